The van der Waals surface area contributed by atoms with Crippen molar-refractivity contribution in [3.63, 3.8) is 0 Å². The number of carbonyl (C=O) groups excluding carboxylic acids is 1. The second kappa shape index (κ2) is 7.62. The molecule has 0 spiro atoms. The third-order valence-electron chi connectivity index (χ3n) is 4.80. The van der Waals surface area contributed by atoms with Crippen LogP contribution in [0, 0.1) is 0 Å². The molecule has 2 aliphatic rings. The number of ether oxygens (including phenoxy) is 2. The molecular formula is C18H18Cl2N4O4S. The molecule has 1 aromatic carbocycles. The Morgan fingerprint density at radius 3 is 2.31 bits per heavy atom. The summed E-state index contributed by atoms with van der Waals surface area (Å²) >= 11 is 13.1. The first-order valence-corrected chi connectivity index (χ1v) is 11.1. The number of anilines is 2. The quantitative estimate of drug-likeness (QED) is 0.638. The van der Waals surface area contributed by atoms with E-state index in [1.807, 2.05) is 0 Å². The predicted molar refractivity (Wildman–Crippen MR) is 111 cm³/mol. The molecule has 1 aliphatic carbocycles. The van der Waals surface area contributed by atoms with Crippen molar-refractivity contribution in [1.29, 1.82) is 0 Å². The maximum atomic E-state index is 13.5. The zero-order chi connectivity index (χ0) is 20.9. The summed E-state index contributed by atoms with van der Waals surface area (Å²) in [6.45, 7) is 0.157. The fourth-order valence-electron chi connectivity index (χ4n) is 3.25. The van der Waals surface area contributed by atoms with Crippen LogP contribution < -0.4 is 19.3 Å². The van der Waals surface area contributed by atoms with Crippen LogP contribution in [0.15, 0.2) is 17.4 Å². The van der Waals surface area contributed by atoms with E-state index in [-0.39, 0.29) is 33.8 Å². The van der Waals surface area contributed by atoms with Gasteiger partial charge >= 0.3 is 6.03 Å². The number of amides is 2. The second-order valence-electron chi connectivity index (χ2n) is 6.68. The number of carbonyl (C=O) groups is 1. The van der Waals surface area contributed by atoms with Crippen LogP contribution in [0.5, 0.6) is 11.5 Å². The molecular weight excluding hydrogens is 439 g/mol. The summed E-state index contributed by atoms with van der Waals surface area (Å²) in [6.07, 6.45) is 4.81. The molecule has 4 rings (SSSR count). The number of hydrogen-bond acceptors (Lipinski definition) is 6. The van der Waals surface area contributed by atoms with Gasteiger partial charge in [0.1, 0.15) is 27.4 Å². The molecule has 1 saturated carbocycles. The zero-order valence-corrected chi connectivity index (χ0v) is 18.3. The zero-order valence-electron chi connectivity index (χ0n) is 15.9. The van der Waals surface area contributed by atoms with E-state index in [1.54, 1.807) is 17.2 Å². The highest BCUT2D eigenvalue weighted by Gasteiger charge is 2.43. The highest BCUT2D eigenvalue weighted by molar-refractivity contribution is 7.84. The molecule has 2 amide bonds. The highest BCUT2D eigenvalue weighted by Crippen LogP contribution is 2.48. The van der Waals surface area contributed by atoms with E-state index in [4.69, 9.17) is 32.7 Å². The van der Waals surface area contributed by atoms with Gasteiger partial charge in [-0.25, -0.2) is 14.8 Å². The van der Waals surface area contributed by atoms with E-state index in [0.717, 1.165) is 12.8 Å². The van der Waals surface area contributed by atoms with Crippen LogP contribution in [-0.4, -0.2) is 46.7 Å². The minimum Gasteiger partial charge on any atom is -0.495 e. The number of halogens is 2. The van der Waals surface area contributed by atoms with E-state index in [0.29, 0.717) is 28.6 Å². The van der Waals surface area contributed by atoms with Crippen molar-refractivity contribution in [1.82, 2.24) is 9.97 Å². The molecule has 154 valence electrons. The van der Waals surface area contributed by atoms with Crippen molar-refractivity contribution < 1.29 is 18.5 Å². The summed E-state index contributed by atoms with van der Waals surface area (Å²) < 4.78 is 22.5. The Morgan fingerprint density at radius 1 is 1.17 bits per heavy atom. The number of nitrogens with zero attached hydrogens (tertiary/aromatic N) is 4. The molecule has 0 saturated heterocycles. The first-order valence-electron chi connectivity index (χ1n) is 8.77. The average Bonchev–Trinajstić information content (AvgIpc) is 3.53. The van der Waals surface area contributed by atoms with Gasteiger partial charge in [0.2, 0.25) is 5.16 Å². The van der Waals surface area contributed by atoms with Crippen LogP contribution in [-0.2, 0) is 17.3 Å². The topological polar surface area (TPSA) is 84.9 Å². The molecule has 1 atom stereocenters. The Kier molecular flexibility index (Phi) is 5.30. The van der Waals surface area contributed by atoms with Crippen molar-refractivity contribution >= 4 is 51.5 Å². The summed E-state index contributed by atoms with van der Waals surface area (Å²) in [6, 6.07) is 1.27. The number of urea groups is 1. The highest BCUT2D eigenvalue weighted by atomic mass is 35.5. The Morgan fingerprint density at radius 2 is 1.79 bits per heavy atom. The SMILES string of the molecule is COc1cc(OC)c(Cl)c(N2Cc3cnc(S(C)=O)nc3N(C3CC3)C2=O)c1Cl. The number of benzene rings is 1. The third-order valence-corrected chi connectivity index (χ3v) is 6.24. The predicted octanol–water partition coefficient (Wildman–Crippen LogP) is 3.65. The van der Waals surface area contributed by atoms with Gasteiger partial charge in [-0.2, -0.15) is 0 Å². The van der Waals surface area contributed by atoms with Gasteiger partial charge in [-0.3, -0.25) is 14.0 Å². The van der Waals surface area contributed by atoms with Crippen molar-refractivity contribution in [2.45, 2.75) is 30.6 Å². The summed E-state index contributed by atoms with van der Waals surface area (Å²) in [4.78, 5) is 25.1. The summed E-state index contributed by atoms with van der Waals surface area (Å²) in [5.41, 5.74) is 1.01. The minimum atomic E-state index is -1.36. The number of fused-ring (bicyclic) bond motifs is 1. The first-order chi connectivity index (χ1) is 13.9. The lowest BCUT2D eigenvalue weighted by atomic mass is 10.1. The lowest BCUT2D eigenvalue weighted by Crippen LogP contribution is -2.49. The number of hydrogen-bond donors (Lipinski definition) is 0. The lowest BCUT2D eigenvalue weighted by Gasteiger charge is -2.37. The molecule has 29 heavy (non-hydrogen) atoms. The molecule has 1 unspecified atom stereocenters. The van der Waals surface area contributed by atoms with Crippen LogP contribution in [0.3, 0.4) is 0 Å². The second-order valence-corrected chi connectivity index (χ2v) is 8.71. The van der Waals surface area contributed by atoms with Crippen LogP contribution in [0.25, 0.3) is 0 Å². The number of aromatic nitrogens is 2. The summed E-state index contributed by atoms with van der Waals surface area (Å²) in [5.74, 6) is 1.16. The average molecular weight is 457 g/mol. The molecule has 1 fully saturated rings. The first kappa shape index (κ1) is 20.2. The molecule has 8 nitrogen and oxygen atoms in total. The maximum Gasteiger partial charge on any atom is 0.330 e. The molecule has 0 bridgehead atoms. The Bertz CT molecular complexity index is 1000. The van der Waals surface area contributed by atoms with Crippen molar-refractivity contribution in [2.75, 3.05) is 30.3 Å². The van der Waals surface area contributed by atoms with Crippen LogP contribution in [0.1, 0.15) is 18.4 Å². The Hall–Kier alpha value is -2.10. The van der Waals surface area contributed by atoms with E-state index < -0.39 is 10.8 Å². The van der Waals surface area contributed by atoms with Crippen LogP contribution in [0.2, 0.25) is 10.0 Å². The monoisotopic (exact) mass is 456 g/mol. The van der Waals surface area contributed by atoms with Gasteiger partial charge in [0.25, 0.3) is 0 Å². The maximum absolute atomic E-state index is 13.5. The summed E-state index contributed by atoms with van der Waals surface area (Å²) in [7, 11) is 1.59. The number of rotatable bonds is 5. The Labute approximate surface area is 180 Å². The summed E-state index contributed by atoms with van der Waals surface area (Å²) in [5, 5.41) is 0.603. The van der Waals surface area contributed by atoms with Gasteiger partial charge in [0.05, 0.1) is 37.3 Å². The van der Waals surface area contributed by atoms with Crippen LogP contribution >= 0.6 is 23.2 Å². The fourth-order valence-corrected chi connectivity index (χ4v) is 4.37. The third kappa shape index (κ3) is 3.41. The van der Waals surface area contributed by atoms with Gasteiger partial charge in [-0.1, -0.05) is 23.2 Å². The molecule has 11 heteroatoms. The van der Waals surface area contributed by atoms with E-state index in [9.17, 15) is 9.00 Å². The van der Waals surface area contributed by atoms with Gasteiger partial charge in [-0.05, 0) is 12.8 Å². The molecule has 2 heterocycles. The molecule has 1 aliphatic heterocycles. The van der Waals surface area contributed by atoms with Gasteiger partial charge in [0.15, 0.2) is 0 Å². The normalized spacial score (nSPS) is 17.2. The smallest absolute Gasteiger partial charge is 0.330 e. The standard InChI is InChI=1S/C18H18Cl2N4O4S/c1-27-11-6-12(28-2)14(20)15(13(11)19)23-8-9-7-21-17(29(3)26)22-16(9)24(18(23)25)10-4-5-10/h6-7,10H,4-5,8H2,1-3H3. The van der Waals surface area contributed by atoms with E-state index >= 15 is 0 Å². The molecule has 2 aromatic rings. The molecule has 0 radical (unpaired) electrons. The Balaban J connectivity index is 1.87. The molecule has 0 N–H and O–H groups in total. The lowest BCUT2D eigenvalue weighted by molar-refractivity contribution is 0.249. The van der Waals surface area contributed by atoms with Crippen molar-refractivity contribution in [3.8, 4) is 11.5 Å². The van der Waals surface area contributed by atoms with Crippen molar-refractivity contribution in [3.05, 3.63) is 27.9 Å². The van der Waals surface area contributed by atoms with Crippen molar-refractivity contribution in [2.24, 2.45) is 0 Å². The molecule has 1 aromatic heterocycles. The van der Waals surface area contributed by atoms with E-state index in [2.05, 4.69) is 9.97 Å². The minimum absolute atomic E-state index is 0.0159. The van der Waals surface area contributed by atoms with Gasteiger partial charge < -0.3 is 9.47 Å². The van der Waals surface area contributed by atoms with Crippen LogP contribution in [0.4, 0.5) is 16.3 Å². The number of methoxy groups -OCH3 is 2. The van der Waals surface area contributed by atoms with E-state index in [1.165, 1.54) is 25.4 Å². The largest absolute Gasteiger partial charge is 0.495 e. The van der Waals surface area contributed by atoms with Gasteiger partial charge in [0, 0.05) is 30.1 Å². The fraction of sp³-hybridized carbons (Fsp3) is 0.389. The van der Waals surface area contributed by atoms with Gasteiger partial charge in [-0.15, -0.1) is 0 Å².